The van der Waals surface area contributed by atoms with Gasteiger partial charge < -0.3 is 9.88 Å². The number of aryl methyl sites for hydroxylation is 1. The summed E-state index contributed by atoms with van der Waals surface area (Å²) < 4.78 is 15.0. The van der Waals surface area contributed by atoms with Gasteiger partial charge in [0.15, 0.2) is 5.65 Å². The number of rotatable bonds is 6. The highest BCUT2D eigenvalue weighted by atomic mass is 19.1. The van der Waals surface area contributed by atoms with Crippen molar-refractivity contribution < 1.29 is 9.18 Å². The molecule has 1 aromatic carbocycles. The maximum absolute atomic E-state index is 13.0. The molecule has 0 radical (unpaired) electrons. The molecule has 0 aliphatic rings. The fraction of sp³-hybridized carbons (Fsp3) is 0.350. The number of benzene rings is 1. The van der Waals surface area contributed by atoms with Gasteiger partial charge in [0.05, 0.1) is 12.5 Å². The van der Waals surface area contributed by atoms with E-state index in [0.717, 1.165) is 29.0 Å². The lowest BCUT2D eigenvalue weighted by Gasteiger charge is -2.20. The summed E-state index contributed by atoms with van der Waals surface area (Å²) in [5.41, 5.74) is 2.38. The van der Waals surface area contributed by atoms with Crippen LogP contribution >= 0.6 is 0 Å². The summed E-state index contributed by atoms with van der Waals surface area (Å²) in [4.78, 5) is 21.6. The Labute approximate surface area is 152 Å². The molecule has 3 aromatic rings. The molecule has 0 fully saturated rings. The van der Waals surface area contributed by atoms with E-state index in [9.17, 15) is 9.18 Å². The fourth-order valence-electron chi connectivity index (χ4n) is 3.09. The van der Waals surface area contributed by atoms with Crippen molar-refractivity contribution in [1.29, 1.82) is 0 Å². The smallest absolute Gasteiger partial charge is 0.225 e. The summed E-state index contributed by atoms with van der Waals surface area (Å²) in [6.45, 7) is 4.22. The first kappa shape index (κ1) is 18.0. The quantitative estimate of drug-likeness (QED) is 0.736. The third-order valence-electron chi connectivity index (χ3n) is 4.29. The number of carbonyl (C=O) groups excluding carboxylic acids is 1. The predicted octanol–water partition coefficient (Wildman–Crippen LogP) is 3.55. The molecule has 3 rings (SSSR count). The average Bonchev–Trinajstić information content (AvgIpc) is 2.93. The number of amides is 1. The normalized spacial score (nSPS) is 12.5. The second kappa shape index (κ2) is 7.64. The number of halogens is 1. The molecule has 6 heteroatoms. The number of aromatic nitrogens is 3. The first-order valence-electron chi connectivity index (χ1n) is 8.75. The van der Waals surface area contributed by atoms with Crippen molar-refractivity contribution in [3.05, 3.63) is 59.8 Å². The summed E-state index contributed by atoms with van der Waals surface area (Å²) in [5, 5.41) is 3.09. The Kier molecular flexibility index (Phi) is 5.30. The largest absolute Gasteiger partial charge is 0.346 e. The minimum atomic E-state index is -0.306. The van der Waals surface area contributed by atoms with Crippen LogP contribution in [0.5, 0.6) is 0 Å². The van der Waals surface area contributed by atoms with Gasteiger partial charge in [-0.05, 0) is 42.2 Å². The zero-order valence-corrected chi connectivity index (χ0v) is 15.2. The Bertz CT molecular complexity index is 902. The van der Waals surface area contributed by atoms with Crippen LogP contribution in [0.25, 0.3) is 11.2 Å². The molecule has 1 unspecified atom stereocenters. The summed E-state index contributed by atoms with van der Waals surface area (Å²) in [6, 6.07) is 9.55. The van der Waals surface area contributed by atoms with Crippen LogP contribution < -0.4 is 5.32 Å². The first-order valence-corrected chi connectivity index (χ1v) is 8.75. The van der Waals surface area contributed by atoms with Crippen LogP contribution in [0.1, 0.15) is 37.7 Å². The van der Waals surface area contributed by atoms with Gasteiger partial charge >= 0.3 is 0 Å². The van der Waals surface area contributed by atoms with Crippen molar-refractivity contribution in [3.63, 3.8) is 0 Å². The average molecular weight is 354 g/mol. The van der Waals surface area contributed by atoms with Crippen molar-refractivity contribution in [2.45, 2.75) is 32.7 Å². The van der Waals surface area contributed by atoms with Crippen LogP contribution in [0.15, 0.2) is 42.6 Å². The standard InChI is InChI=1S/C20H23FN4O/c1-13(2)11-17(20-24-16-5-4-10-22-19(16)25(20)3)23-18(26)12-14-6-8-15(21)9-7-14/h4-10,13,17H,11-12H2,1-3H3,(H,23,26). The van der Waals surface area contributed by atoms with Crippen molar-refractivity contribution in [2.75, 3.05) is 0 Å². The summed E-state index contributed by atoms with van der Waals surface area (Å²) in [7, 11) is 1.91. The van der Waals surface area contributed by atoms with Crippen molar-refractivity contribution in [3.8, 4) is 0 Å². The van der Waals surface area contributed by atoms with Gasteiger partial charge in [0.25, 0.3) is 0 Å². The maximum Gasteiger partial charge on any atom is 0.225 e. The highest BCUT2D eigenvalue weighted by Crippen LogP contribution is 2.23. The van der Waals surface area contributed by atoms with Crippen LogP contribution in [-0.4, -0.2) is 20.4 Å². The molecule has 2 heterocycles. The molecule has 0 bridgehead atoms. The van der Waals surface area contributed by atoms with Crippen molar-refractivity contribution in [2.24, 2.45) is 13.0 Å². The number of carbonyl (C=O) groups is 1. The van der Waals surface area contributed by atoms with E-state index >= 15 is 0 Å². The molecule has 26 heavy (non-hydrogen) atoms. The Hall–Kier alpha value is -2.76. The second-order valence-electron chi connectivity index (χ2n) is 6.93. The number of nitrogens with one attached hydrogen (secondary N) is 1. The van der Waals surface area contributed by atoms with Crippen molar-refractivity contribution >= 4 is 17.1 Å². The highest BCUT2D eigenvalue weighted by molar-refractivity contribution is 5.79. The number of imidazole rings is 1. The minimum absolute atomic E-state index is 0.109. The van der Waals surface area contributed by atoms with Gasteiger partial charge in [-0.2, -0.15) is 0 Å². The van der Waals surface area contributed by atoms with E-state index in [1.54, 1.807) is 18.3 Å². The number of pyridine rings is 1. The Balaban J connectivity index is 1.82. The SMILES string of the molecule is CC(C)CC(NC(=O)Cc1ccc(F)cc1)c1nc2cccnc2n1C. The maximum atomic E-state index is 13.0. The van der Waals surface area contributed by atoms with Crippen LogP contribution in [0.3, 0.4) is 0 Å². The lowest BCUT2D eigenvalue weighted by molar-refractivity contribution is -0.121. The van der Waals surface area contributed by atoms with E-state index < -0.39 is 0 Å². The molecule has 1 amide bonds. The monoisotopic (exact) mass is 354 g/mol. The molecule has 136 valence electrons. The van der Waals surface area contributed by atoms with Gasteiger partial charge in [-0.1, -0.05) is 26.0 Å². The molecule has 1 atom stereocenters. The lowest BCUT2D eigenvalue weighted by Crippen LogP contribution is -2.32. The summed E-state index contributed by atoms with van der Waals surface area (Å²) in [5.74, 6) is 0.764. The summed E-state index contributed by atoms with van der Waals surface area (Å²) >= 11 is 0. The third-order valence-corrected chi connectivity index (χ3v) is 4.29. The van der Waals surface area contributed by atoms with Gasteiger partial charge in [0.2, 0.25) is 5.91 Å². The number of nitrogens with zero attached hydrogens (tertiary/aromatic N) is 3. The van der Waals surface area contributed by atoms with Crippen molar-refractivity contribution in [1.82, 2.24) is 19.9 Å². The molecule has 1 N–H and O–H groups in total. The topological polar surface area (TPSA) is 59.8 Å². The second-order valence-corrected chi connectivity index (χ2v) is 6.93. The Morgan fingerprint density at radius 1 is 1.23 bits per heavy atom. The van der Waals surface area contributed by atoms with Gasteiger partial charge in [0.1, 0.15) is 17.2 Å². The molecule has 0 saturated heterocycles. The van der Waals surface area contributed by atoms with Crippen LogP contribution in [0, 0.1) is 11.7 Å². The molecule has 0 spiro atoms. The van der Waals surface area contributed by atoms with Gasteiger partial charge in [-0.25, -0.2) is 14.4 Å². The van der Waals surface area contributed by atoms with E-state index in [0.29, 0.717) is 5.92 Å². The zero-order chi connectivity index (χ0) is 18.7. The van der Waals surface area contributed by atoms with E-state index in [4.69, 9.17) is 0 Å². The van der Waals surface area contributed by atoms with E-state index in [2.05, 4.69) is 29.1 Å². The summed E-state index contributed by atoms with van der Waals surface area (Å²) in [6.07, 6.45) is 2.71. The van der Waals surface area contributed by atoms with Gasteiger partial charge in [0, 0.05) is 13.2 Å². The Morgan fingerprint density at radius 2 is 1.96 bits per heavy atom. The van der Waals surface area contributed by atoms with E-state index in [1.165, 1.54) is 12.1 Å². The molecule has 0 aliphatic carbocycles. The molecule has 2 aromatic heterocycles. The molecule has 5 nitrogen and oxygen atoms in total. The fourth-order valence-corrected chi connectivity index (χ4v) is 3.09. The third kappa shape index (κ3) is 4.07. The van der Waals surface area contributed by atoms with Crippen LogP contribution in [-0.2, 0) is 18.3 Å². The van der Waals surface area contributed by atoms with Gasteiger partial charge in [-0.3, -0.25) is 4.79 Å². The highest BCUT2D eigenvalue weighted by Gasteiger charge is 2.22. The van der Waals surface area contributed by atoms with Crippen LogP contribution in [0.2, 0.25) is 0 Å². The Morgan fingerprint density at radius 3 is 2.62 bits per heavy atom. The lowest BCUT2D eigenvalue weighted by atomic mass is 10.0. The minimum Gasteiger partial charge on any atom is -0.346 e. The molecule has 0 saturated carbocycles. The molecule has 0 aliphatic heterocycles. The number of fused-ring (bicyclic) bond motifs is 1. The van der Waals surface area contributed by atoms with Crippen LogP contribution in [0.4, 0.5) is 4.39 Å². The molecular weight excluding hydrogens is 331 g/mol. The van der Waals surface area contributed by atoms with Gasteiger partial charge in [-0.15, -0.1) is 0 Å². The zero-order valence-electron chi connectivity index (χ0n) is 15.2. The molecular formula is C20H23FN4O. The van der Waals surface area contributed by atoms with E-state index in [-0.39, 0.29) is 24.2 Å². The number of hydrogen-bond acceptors (Lipinski definition) is 3. The first-order chi connectivity index (χ1) is 12.4. The van der Waals surface area contributed by atoms with E-state index in [1.807, 2.05) is 23.7 Å². The number of hydrogen-bond donors (Lipinski definition) is 1. The predicted molar refractivity (Wildman–Crippen MR) is 99.0 cm³/mol.